The van der Waals surface area contributed by atoms with Crippen LogP contribution in [0.4, 0.5) is 0 Å². The number of nitrogens with one attached hydrogen (secondary N) is 2. The highest BCUT2D eigenvalue weighted by Crippen LogP contribution is 2.42. The van der Waals surface area contributed by atoms with Crippen molar-refractivity contribution in [2.75, 3.05) is 26.2 Å². The molecule has 4 N–H and O–H groups in total. The van der Waals surface area contributed by atoms with Crippen molar-refractivity contribution in [1.29, 1.82) is 0 Å². The van der Waals surface area contributed by atoms with Gasteiger partial charge in [-0.05, 0) is 30.5 Å². The fraction of sp³-hybridized carbons (Fsp3) is 0.632. The Morgan fingerprint density at radius 1 is 1.26 bits per heavy atom. The summed E-state index contributed by atoms with van der Waals surface area (Å²) in [7, 11) is -3.69. The van der Waals surface area contributed by atoms with Gasteiger partial charge >= 0.3 is 0 Å². The van der Waals surface area contributed by atoms with Crippen molar-refractivity contribution in [3.8, 4) is 0 Å². The maximum absolute atomic E-state index is 13.1. The third-order valence-electron chi connectivity index (χ3n) is 6.55. The van der Waals surface area contributed by atoms with Gasteiger partial charge in [-0.2, -0.15) is 0 Å². The van der Waals surface area contributed by atoms with Gasteiger partial charge < -0.3 is 10.6 Å². The van der Waals surface area contributed by atoms with Crippen molar-refractivity contribution in [1.82, 2.24) is 15.5 Å². The molecule has 8 heteroatoms. The van der Waals surface area contributed by atoms with Gasteiger partial charge in [0.05, 0.1) is 10.3 Å². The standard InChI is InChI=1S/C19H28N4O3S/c20-27(25,26)17-7-5-14(6-8-17)9-22-18(24)19-12-21-10-15(19)11-23(13-19)16-3-1-2-4-16/h5-8,15-16,21H,1-4,9-13H2,(H,22,24)(H2,20,25,26)/t15-,19-/m1/s1. The van der Waals surface area contributed by atoms with Gasteiger partial charge in [-0.1, -0.05) is 25.0 Å². The van der Waals surface area contributed by atoms with Gasteiger partial charge in [-0.25, -0.2) is 13.6 Å². The number of nitrogens with two attached hydrogens (primary N) is 1. The maximum Gasteiger partial charge on any atom is 0.238 e. The first kappa shape index (κ1) is 18.9. The lowest BCUT2D eigenvalue weighted by atomic mass is 9.80. The molecule has 148 valence electrons. The fourth-order valence-electron chi connectivity index (χ4n) is 4.98. The van der Waals surface area contributed by atoms with E-state index in [1.165, 1.54) is 37.8 Å². The highest BCUT2D eigenvalue weighted by Gasteiger charge is 2.55. The van der Waals surface area contributed by atoms with Crippen molar-refractivity contribution < 1.29 is 13.2 Å². The van der Waals surface area contributed by atoms with E-state index in [1.54, 1.807) is 12.1 Å². The van der Waals surface area contributed by atoms with Crippen LogP contribution < -0.4 is 15.8 Å². The summed E-state index contributed by atoms with van der Waals surface area (Å²) in [6.45, 7) is 3.87. The van der Waals surface area contributed by atoms with Crippen molar-refractivity contribution >= 4 is 15.9 Å². The van der Waals surface area contributed by atoms with E-state index in [0.29, 0.717) is 18.5 Å². The number of primary sulfonamides is 1. The van der Waals surface area contributed by atoms with E-state index in [9.17, 15) is 13.2 Å². The molecule has 0 spiro atoms. The van der Waals surface area contributed by atoms with Gasteiger partial charge in [0.1, 0.15) is 0 Å². The quantitative estimate of drug-likeness (QED) is 0.673. The summed E-state index contributed by atoms with van der Waals surface area (Å²) in [4.78, 5) is 15.7. The Balaban J connectivity index is 1.41. The van der Waals surface area contributed by atoms with Crippen LogP contribution in [-0.4, -0.2) is 51.4 Å². The predicted molar refractivity (Wildman–Crippen MR) is 102 cm³/mol. The normalized spacial score (nSPS) is 29.1. The molecule has 0 unspecified atom stereocenters. The van der Waals surface area contributed by atoms with Gasteiger partial charge in [0, 0.05) is 44.7 Å². The molecule has 2 atom stereocenters. The van der Waals surface area contributed by atoms with Crippen LogP contribution in [0.5, 0.6) is 0 Å². The number of hydrogen-bond donors (Lipinski definition) is 3. The molecule has 3 aliphatic rings. The topological polar surface area (TPSA) is 105 Å². The van der Waals surface area contributed by atoms with Gasteiger partial charge in [0.15, 0.2) is 0 Å². The number of hydrogen-bond acceptors (Lipinski definition) is 5. The zero-order valence-corrected chi connectivity index (χ0v) is 16.3. The average Bonchev–Trinajstić information content (AvgIpc) is 3.34. The minimum absolute atomic E-state index is 0.0826. The number of benzene rings is 1. The van der Waals surface area contributed by atoms with Crippen LogP contribution in [0, 0.1) is 11.3 Å². The number of fused-ring (bicyclic) bond motifs is 1. The first-order valence-electron chi connectivity index (χ1n) is 9.73. The summed E-state index contributed by atoms with van der Waals surface area (Å²) in [6, 6.07) is 6.99. The Morgan fingerprint density at radius 3 is 2.63 bits per heavy atom. The first-order valence-corrected chi connectivity index (χ1v) is 11.3. The summed E-state index contributed by atoms with van der Waals surface area (Å²) in [5.41, 5.74) is 0.517. The molecule has 1 aromatic rings. The van der Waals surface area contributed by atoms with Gasteiger partial charge in [0.2, 0.25) is 15.9 Å². The van der Waals surface area contributed by atoms with E-state index in [4.69, 9.17) is 5.14 Å². The molecule has 27 heavy (non-hydrogen) atoms. The number of nitrogens with zero attached hydrogens (tertiary/aromatic N) is 1. The molecule has 2 aliphatic heterocycles. The molecule has 1 aromatic carbocycles. The van der Waals surface area contributed by atoms with Crippen molar-refractivity contribution in [2.24, 2.45) is 16.5 Å². The molecule has 0 aromatic heterocycles. The predicted octanol–water partition coefficient (Wildman–Crippen LogP) is 0.414. The van der Waals surface area contributed by atoms with Crippen molar-refractivity contribution in [3.05, 3.63) is 29.8 Å². The van der Waals surface area contributed by atoms with E-state index in [2.05, 4.69) is 15.5 Å². The Labute approximate surface area is 160 Å². The molecule has 1 saturated carbocycles. The van der Waals surface area contributed by atoms with Gasteiger partial charge in [-0.15, -0.1) is 0 Å². The molecule has 1 amide bonds. The van der Waals surface area contributed by atoms with Crippen LogP contribution in [0.1, 0.15) is 31.2 Å². The molecule has 4 rings (SSSR count). The summed E-state index contributed by atoms with van der Waals surface area (Å²) >= 11 is 0. The second-order valence-corrected chi connectivity index (χ2v) is 9.78. The molecule has 0 bridgehead atoms. The van der Waals surface area contributed by atoms with Gasteiger partial charge in [-0.3, -0.25) is 9.69 Å². The minimum Gasteiger partial charge on any atom is -0.351 e. The van der Waals surface area contributed by atoms with E-state index in [0.717, 1.165) is 31.7 Å². The highest BCUT2D eigenvalue weighted by molar-refractivity contribution is 7.89. The molecule has 2 saturated heterocycles. The maximum atomic E-state index is 13.1. The van der Waals surface area contributed by atoms with E-state index < -0.39 is 10.0 Å². The number of rotatable bonds is 5. The van der Waals surface area contributed by atoms with Crippen LogP contribution in [0.2, 0.25) is 0 Å². The van der Waals surface area contributed by atoms with Crippen molar-refractivity contribution in [2.45, 2.75) is 43.2 Å². The largest absolute Gasteiger partial charge is 0.351 e. The molecule has 3 fully saturated rings. The number of sulfonamides is 1. The van der Waals surface area contributed by atoms with E-state index in [1.807, 2.05) is 0 Å². The highest BCUT2D eigenvalue weighted by atomic mass is 32.2. The number of carbonyl (C=O) groups is 1. The zero-order valence-electron chi connectivity index (χ0n) is 15.5. The Kier molecular flexibility index (Phi) is 5.00. The number of carbonyl (C=O) groups excluding carboxylic acids is 1. The lowest BCUT2D eigenvalue weighted by molar-refractivity contribution is -0.131. The molecule has 1 aliphatic carbocycles. The SMILES string of the molecule is NS(=O)(=O)c1ccc(CNC(=O)[C@@]23CNC[C@@H]2CN(C2CCCC2)C3)cc1. The summed E-state index contributed by atoms with van der Waals surface area (Å²) in [6.07, 6.45) is 5.12. The van der Waals surface area contributed by atoms with Crippen LogP contribution in [0.15, 0.2) is 29.2 Å². The van der Waals surface area contributed by atoms with Crippen LogP contribution in [0.3, 0.4) is 0 Å². The van der Waals surface area contributed by atoms with Crippen LogP contribution in [-0.2, 0) is 21.4 Å². The number of amides is 1. The lowest BCUT2D eigenvalue weighted by Crippen LogP contribution is -2.47. The number of likely N-dealkylation sites (tertiary alicyclic amines) is 1. The molecular weight excluding hydrogens is 364 g/mol. The smallest absolute Gasteiger partial charge is 0.238 e. The van der Waals surface area contributed by atoms with E-state index in [-0.39, 0.29) is 16.2 Å². The van der Waals surface area contributed by atoms with Crippen molar-refractivity contribution in [3.63, 3.8) is 0 Å². The average molecular weight is 393 g/mol. The Hall–Kier alpha value is -1.48. The zero-order chi connectivity index (χ0) is 19.1. The second-order valence-electron chi connectivity index (χ2n) is 8.22. The van der Waals surface area contributed by atoms with Crippen LogP contribution >= 0.6 is 0 Å². The third-order valence-corrected chi connectivity index (χ3v) is 7.48. The first-order chi connectivity index (χ1) is 12.9. The minimum atomic E-state index is -3.69. The molecule has 2 heterocycles. The summed E-state index contributed by atoms with van der Waals surface area (Å²) in [5.74, 6) is 0.469. The van der Waals surface area contributed by atoms with E-state index >= 15 is 0 Å². The Bertz CT molecular complexity index is 805. The molecular formula is C19H28N4O3S. The Morgan fingerprint density at radius 2 is 1.96 bits per heavy atom. The monoisotopic (exact) mass is 392 g/mol. The molecule has 0 radical (unpaired) electrons. The van der Waals surface area contributed by atoms with Gasteiger partial charge in [0.25, 0.3) is 0 Å². The molecule has 7 nitrogen and oxygen atoms in total. The fourth-order valence-corrected chi connectivity index (χ4v) is 5.50. The summed E-state index contributed by atoms with van der Waals surface area (Å²) < 4.78 is 22.7. The van der Waals surface area contributed by atoms with Crippen LogP contribution in [0.25, 0.3) is 0 Å². The second kappa shape index (κ2) is 7.16. The third kappa shape index (κ3) is 3.63. The summed E-state index contributed by atoms with van der Waals surface area (Å²) in [5, 5.41) is 11.6. The lowest BCUT2D eigenvalue weighted by Gasteiger charge is -2.29.